The number of benzene rings is 1. The fraction of sp³-hybridized carbons (Fsp3) is 0.630. The Kier molecular flexibility index (Phi) is 9.89. The monoisotopic (exact) mass is 444 g/mol. The molecule has 1 aromatic heterocycles. The van der Waals surface area contributed by atoms with Crippen LogP contribution < -0.4 is 4.74 Å². The van der Waals surface area contributed by atoms with Crippen molar-refractivity contribution < 1.29 is 13.5 Å². The molecule has 0 atom stereocenters. The van der Waals surface area contributed by atoms with Crippen molar-refractivity contribution in [3.05, 3.63) is 41.5 Å². The number of nitrogens with zero attached hydrogens (tertiary/aromatic N) is 2. The molecular formula is C27H38F2N2O. The third-order valence-electron chi connectivity index (χ3n) is 6.83. The van der Waals surface area contributed by atoms with Crippen LogP contribution in [0.5, 0.6) is 5.88 Å². The summed E-state index contributed by atoms with van der Waals surface area (Å²) in [5.74, 6) is 0.323. The zero-order valence-corrected chi connectivity index (χ0v) is 19.7. The molecule has 0 N–H and O–H groups in total. The third-order valence-corrected chi connectivity index (χ3v) is 6.83. The van der Waals surface area contributed by atoms with Crippen molar-refractivity contribution in [2.45, 2.75) is 90.9 Å². The van der Waals surface area contributed by atoms with Crippen LogP contribution in [0.3, 0.4) is 0 Å². The van der Waals surface area contributed by atoms with Gasteiger partial charge in [0.2, 0.25) is 5.88 Å². The van der Waals surface area contributed by atoms with E-state index < -0.39 is 11.6 Å². The number of ether oxygens (including phenoxy) is 1. The molecule has 2 aromatic rings. The molecule has 5 heteroatoms. The molecule has 176 valence electrons. The van der Waals surface area contributed by atoms with Gasteiger partial charge in [0, 0.05) is 11.6 Å². The fourth-order valence-electron chi connectivity index (χ4n) is 4.71. The van der Waals surface area contributed by atoms with Crippen LogP contribution in [0.2, 0.25) is 0 Å². The van der Waals surface area contributed by atoms with Crippen molar-refractivity contribution in [2.24, 2.45) is 11.8 Å². The molecule has 32 heavy (non-hydrogen) atoms. The SMILES string of the molecule is CCCCCOc1ccc(-c2ccc(CCC3CCC(CCCC)CC3)c(F)c2F)nn1. The van der Waals surface area contributed by atoms with E-state index in [0.29, 0.717) is 36.1 Å². The van der Waals surface area contributed by atoms with E-state index in [0.717, 1.165) is 31.6 Å². The van der Waals surface area contributed by atoms with Crippen molar-refractivity contribution in [1.82, 2.24) is 10.2 Å². The predicted octanol–water partition coefficient (Wildman–Crippen LogP) is 7.92. The summed E-state index contributed by atoms with van der Waals surface area (Å²) < 4.78 is 35.1. The maximum absolute atomic E-state index is 14.8. The smallest absolute Gasteiger partial charge is 0.233 e. The van der Waals surface area contributed by atoms with Gasteiger partial charge in [-0.25, -0.2) is 8.78 Å². The molecular weight excluding hydrogens is 406 g/mol. The number of halogens is 2. The summed E-state index contributed by atoms with van der Waals surface area (Å²) in [5, 5.41) is 8.05. The van der Waals surface area contributed by atoms with Crippen molar-refractivity contribution in [3.8, 4) is 17.1 Å². The first-order valence-electron chi connectivity index (χ1n) is 12.6. The Balaban J connectivity index is 1.54. The zero-order valence-electron chi connectivity index (χ0n) is 19.7. The highest BCUT2D eigenvalue weighted by Gasteiger charge is 2.22. The highest BCUT2D eigenvalue weighted by Crippen LogP contribution is 2.35. The largest absolute Gasteiger partial charge is 0.477 e. The molecule has 0 spiro atoms. The summed E-state index contributed by atoms with van der Waals surface area (Å²) in [5.41, 5.74) is 0.926. The van der Waals surface area contributed by atoms with Gasteiger partial charge in [-0.1, -0.05) is 77.7 Å². The van der Waals surface area contributed by atoms with Crippen LogP contribution in [-0.4, -0.2) is 16.8 Å². The van der Waals surface area contributed by atoms with E-state index in [9.17, 15) is 8.78 Å². The lowest BCUT2D eigenvalue weighted by Gasteiger charge is -2.28. The molecule has 0 radical (unpaired) electrons. The predicted molar refractivity (Wildman–Crippen MR) is 126 cm³/mol. The fourth-order valence-corrected chi connectivity index (χ4v) is 4.71. The van der Waals surface area contributed by atoms with Crippen LogP contribution in [0.4, 0.5) is 8.78 Å². The van der Waals surface area contributed by atoms with Crippen LogP contribution in [0.15, 0.2) is 24.3 Å². The lowest BCUT2D eigenvalue weighted by atomic mass is 9.78. The zero-order chi connectivity index (χ0) is 22.8. The van der Waals surface area contributed by atoms with Crippen LogP contribution in [0, 0.1) is 23.5 Å². The number of rotatable bonds is 12. The molecule has 1 saturated carbocycles. The summed E-state index contributed by atoms with van der Waals surface area (Å²) in [6, 6.07) is 6.63. The quantitative estimate of drug-likeness (QED) is 0.312. The second kappa shape index (κ2) is 12.9. The van der Waals surface area contributed by atoms with E-state index >= 15 is 0 Å². The van der Waals surface area contributed by atoms with Gasteiger partial charge in [0.25, 0.3) is 0 Å². The lowest BCUT2D eigenvalue weighted by Crippen LogP contribution is -2.15. The van der Waals surface area contributed by atoms with Crippen molar-refractivity contribution in [3.63, 3.8) is 0 Å². The van der Waals surface area contributed by atoms with Gasteiger partial charge in [0.15, 0.2) is 11.6 Å². The Morgan fingerprint density at radius 1 is 0.812 bits per heavy atom. The van der Waals surface area contributed by atoms with Crippen LogP contribution in [0.1, 0.15) is 90.0 Å². The summed E-state index contributed by atoms with van der Waals surface area (Å²) in [6.07, 6.45) is 13.7. The number of hydrogen-bond donors (Lipinski definition) is 0. The number of aryl methyl sites for hydroxylation is 1. The Morgan fingerprint density at radius 2 is 1.53 bits per heavy atom. The molecule has 1 aliphatic carbocycles. The van der Waals surface area contributed by atoms with Gasteiger partial charge < -0.3 is 4.74 Å². The highest BCUT2D eigenvalue weighted by atomic mass is 19.2. The minimum atomic E-state index is -0.836. The van der Waals surface area contributed by atoms with E-state index in [1.807, 2.05) is 0 Å². The molecule has 0 saturated heterocycles. The van der Waals surface area contributed by atoms with Crippen LogP contribution in [-0.2, 0) is 6.42 Å². The van der Waals surface area contributed by atoms with Crippen molar-refractivity contribution in [2.75, 3.05) is 6.61 Å². The first-order valence-corrected chi connectivity index (χ1v) is 12.6. The molecule has 1 heterocycles. The van der Waals surface area contributed by atoms with E-state index in [2.05, 4.69) is 24.0 Å². The lowest BCUT2D eigenvalue weighted by molar-refractivity contribution is 0.249. The van der Waals surface area contributed by atoms with Gasteiger partial charge in [-0.3, -0.25) is 0 Å². The average Bonchev–Trinajstić information content (AvgIpc) is 2.83. The van der Waals surface area contributed by atoms with Gasteiger partial charge in [-0.15, -0.1) is 10.2 Å². The summed E-state index contributed by atoms with van der Waals surface area (Å²) in [6.45, 7) is 4.96. The van der Waals surface area contributed by atoms with Gasteiger partial charge in [0.05, 0.1) is 12.3 Å². The van der Waals surface area contributed by atoms with Crippen LogP contribution in [0.25, 0.3) is 11.3 Å². The molecule has 0 aliphatic heterocycles. The standard InChI is InChI=1S/C27H38F2N2O/c1-3-5-7-19-32-25-18-17-24(30-31-25)23-16-15-22(26(28)27(23)29)14-13-21-11-9-20(10-12-21)8-6-4-2/h15-18,20-21H,3-14,19H2,1-2H3. The Bertz CT molecular complexity index is 817. The minimum absolute atomic E-state index is 0.146. The Morgan fingerprint density at radius 3 is 2.19 bits per heavy atom. The molecule has 3 nitrogen and oxygen atoms in total. The molecule has 0 unspecified atom stereocenters. The highest BCUT2D eigenvalue weighted by molar-refractivity contribution is 5.60. The van der Waals surface area contributed by atoms with E-state index in [-0.39, 0.29) is 5.56 Å². The van der Waals surface area contributed by atoms with Crippen LogP contribution >= 0.6 is 0 Å². The maximum Gasteiger partial charge on any atom is 0.233 e. The summed E-state index contributed by atoms with van der Waals surface area (Å²) in [7, 11) is 0. The molecule has 1 fully saturated rings. The van der Waals surface area contributed by atoms with Gasteiger partial charge in [-0.2, -0.15) is 0 Å². The van der Waals surface area contributed by atoms with E-state index in [1.165, 1.54) is 44.9 Å². The summed E-state index contributed by atoms with van der Waals surface area (Å²) in [4.78, 5) is 0. The number of aromatic nitrogens is 2. The molecule has 1 aromatic carbocycles. The second-order valence-electron chi connectivity index (χ2n) is 9.28. The topological polar surface area (TPSA) is 35.0 Å². The van der Waals surface area contributed by atoms with E-state index in [4.69, 9.17) is 4.74 Å². The molecule has 0 amide bonds. The second-order valence-corrected chi connectivity index (χ2v) is 9.28. The molecule has 1 aliphatic rings. The Labute approximate surface area is 192 Å². The molecule has 3 rings (SSSR count). The number of unbranched alkanes of at least 4 members (excludes halogenated alkanes) is 3. The first-order chi connectivity index (χ1) is 15.6. The van der Waals surface area contributed by atoms with Crippen molar-refractivity contribution in [1.29, 1.82) is 0 Å². The first kappa shape index (κ1) is 24.6. The van der Waals surface area contributed by atoms with Gasteiger partial charge >= 0.3 is 0 Å². The summed E-state index contributed by atoms with van der Waals surface area (Å²) >= 11 is 0. The molecule has 0 bridgehead atoms. The van der Waals surface area contributed by atoms with Crippen molar-refractivity contribution >= 4 is 0 Å². The minimum Gasteiger partial charge on any atom is -0.477 e. The van der Waals surface area contributed by atoms with E-state index in [1.54, 1.807) is 24.3 Å². The number of hydrogen-bond acceptors (Lipinski definition) is 3. The third kappa shape index (κ3) is 6.98. The average molecular weight is 445 g/mol. The van der Waals surface area contributed by atoms with Gasteiger partial charge in [-0.05, 0) is 48.8 Å². The Hall–Kier alpha value is -2.04. The van der Waals surface area contributed by atoms with Gasteiger partial charge in [0.1, 0.15) is 0 Å². The normalized spacial score (nSPS) is 18.6. The maximum atomic E-state index is 14.8.